The Morgan fingerprint density at radius 1 is 1.19 bits per heavy atom. The van der Waals surface area contributed by atoms with Crippen molar-refractivity contribution in [3.8, 4) is 0 Å². The molecule has 0 aliphatic heterocycles. The van der Waals surface area contributed by atoms with Crippen LogP contribution in [0.15, 0.2) is 51.8 Å². The van der Waals surface area contributed by atoms with Crippen molar-refractivity contribution in [3.63, 3.8) is 0 Å². The number of anilines is 2. The Morgan fingerprint density at radius 3 is 2.48 bits per heavy atom. The van der Waals surface area contributed by atoms with Crippen molar-refractivity contribution >= 4 is 37.3 Å². The molecule has 0 heterocycles. The molecule has 0 unspecified atom stereocenters. The van der Waals surface area contributed by atoms with Gasteiger partial charge in [-0.3, -0.25) is 0 Å². The number of nitrogens with two attached hydrogens (primary N) is 2. The van der Waals surface area contributed by atoms with Gasteiger partial charge in [0.25, 0.3) is 0 Å². The van der Waals surface area contributed by atoms with E-state index >= 15 is 0 Å². The Kier molecular flexibility index (Phi) is 4.55. The number of nitrogen functional groups attached to an aromatic ring is 1. The van der Waals surface area contributed by atoms with Crippen LogP contribution in [0.5, 0.6) is 0 Å². The van der Waals surface area contributed by atoms with Crippen LogP contribution in [0.25, 0.3) is 0 Å². The van der Waals surface area contributed by atoms with Crippen molar-refractivity contribution in [2.45, 2.75) is 11.4 Å². The molecule has 0 fully saturated rings. The molecule has 5 nitrogen and oxygen atoms in total. The lowest BCUT2D eigenvalue weighted by atomic mass is 10.2. The lowest BCUT2D eigenvalue weighted by molar-refractivity contribution is 0.598. The summed E-state index contributed by atoms with van der Waals surface area (Å²) in [5.74, 6) is 0. The monoisotopic (exact) mass is 369 g/mol. The highest BCUT2D eigenvalue weighted by Crippen LogP contribution is 2.24. The van der Waals surface area contributed by atoms with Crippen LogP contribution < -0.4 is 15.8 Å². The van der Waals surface area contributed by atoms with Crippen molar-refractivity contribution in [2.24, 2.45) is 5.14 Å². The van der Waals surface area contributed by atoms with Crippen molar-refractivity contribution in [3.05, 3.63) is 52.5 Å². The molecule has 0 aliphatic rings. The number of primary sulfonamides is 1. The smallest absolute Gasteiger partial charge is 0.240 e. The number of sulfonamides is 1. The first kappa shape index (κ1) is 15.8. The zero-order chi connectivity index (χ0) is 15.6. The van der Waals surface area contributed by atoms with Crippen LogP contribution in [-0.2, 0) is 16.6 Å². The van der Waals surface area contributed by atoms with Gasteiger partial charge < -0.3 is 10.6 Å². The van der Waals surface area contributed by atoms with Crippen LogP contribution in [0.2, 0.25) is 0 Å². The summed E-state index contributed by atoms with van der Waals surface area (Å²) in [4.78, 5) is 1.92. The molecule has 4 N–H and O–H groups in total. The molecule has 7 heteroatoms. The van der Waals surface area contributed by atoms with E-state index in [1.165, 1.54) is 6.07 Å². The molecule has 0 spiro atoms. The topological polar surface area (TPSA) is 89.4 Å². The predicted octanol–water partition coefficient (Wildman–Crippen LogP) is 2.32. The van der Waals surface area contributed by atoms with Gasteiger partial charge in [0.05, 0.1) is 5.69 Å². The molecule has 0 aromatic heterocycles. The van der Waals surface area contributed by atoms with Crippen LogP contribution in [0.3, 0.4) is 0 Å². The van der Waals surface area contributed by atoms with E-state index in [2.05, 4.69) is 15.9 Å². The highest BCUT2D eigenvalue weighted by Gasteiger charge is 2.13. The van der Waals surface area contributed by atoms with Gasteiger partial charge in [-0.05, 0) is 35.9 Å². The molecule has 0 amide bonds. The summed E-state index contributed by atoms with van der Waals surface area (Å²) in [5.41, 5.74) is 7.86. The lowest BCUT2D eigenvalue weighted by Gasteiger charge is -2.20. The normalized spacial score (nSPS) is 11.4. The highest BCUT2D eigenvalue weighted by atomic mass is 79.9. The number of halogens is 1. The van der Waals surface area contributed by atoms with Crippen LogP contribution >= 0.6 is 15.9 Å². The Balaban J connectivity index is 2.24. The fourth-order valence-electron chi connectivity index (χ4n) is 2.03. The largest absolute Gasteiger partial charge is 0.398 e. The van der Waals surface area contributed by atoms with Crippen molar-refractivity contribution in [1.82, 2.24) is 0 Å². The standard InChI is InChI=1S/C14H16BrN3O2S/c1-18(9-10-3-2-4-11(15)7-10)12-5-6-14(13(16)8-12)21(17,19)20/h2-8H,9,16H2,1H3,(H2,17,19,20). The van der Waals surface area contributed by atoms with Gasteiger partial charge in [-0.2, -0.15) is 0 Å². The first-order chi connectivity index (χ1) is 9.77. The Hall–Kier alpha value is -1.57. The number of benzene rings is 2. The van der Waals surface area contributed by atoms with E-state index < -0.39 is 10.0 Å². The average molecular weight is 370 g/mol. The summed E-state index contributed by atoms with van der Waals surface area (Å²) < 4.78 is 23.7. The van der Waals surface area contributed by atoms with E-state index in [4.69, 9.17) is 10.9 Å². The van der Waals surface area contributed by atoms with Gasteiger partial charge in [-0.1, -0.05) is 28.1 Å². The molecule has 112 valence electrons. The molecular weight excluding hydrogens is 354 g/mol. The second-order valence-corrected chi connectivity index (χ2v) is 7.20. The fourth-order valence-corrected chi connectivity index (χ4v) is 3.12. The third-order valence-corrected chi connectivity index (χ3v) is 4.53. The Morgan fingerprint density at radius 2 is 1.90 bits per heavy atom. The minimum Gasteiger partial charge on any atom is -0.398 e. The van der Waals surface area contributed by atoms with Crippen LogP contribution in [0, 0.1) is 0 Å². The minimum atomic E-state index is -3.79. The van der Waals surface area contributed by atoms with E-state index in [1.54, 1.807) is 12.1 Å². The predicted molar refractivity (Wildman–Crippen MR) is 88.5 cm³/mol. The number of hydrogen-bond acceptors (Lipinski definition) is 4. The maximum Gasteiger partial charge on any atom is 0.240 e. The molecule has 2 aromatic carbocycles. The zero-order valence-corrected chi connectivity index (χ0v) is 13.9. The third kappa shape index (κ3) is 3.96. The average Bonchev–Trinajstić information content (AvgIpc) is 2.37. The van der Waals surface area contributed by atoms with E-state index in [1.807, 2.05) is 36.2 Å². The van der Waals surface area contributed by atoms with Crippen molar-refractivity contribution in [1.29, 1.82) is 0 Å². The summed E-state index contributed by atoms with van der Waals surface area (Å²) in [6, 6.07) is 12.7. The van der Waals surface area contributed by atoms with Gasteiger partial charge in [0.2, 0.25) is 10.0 Å². The number of rotatable bonds is 4. The molecule has 0 saturated heterocycles. The van der Waals surface area contributed by atoms with Gasteiger partial charge in [0.15, 0.2) is 0 Å². The minimum absolute atomic E-state index is 0.0536. The molecule has 2 rings (SSSR count). The van der Waals surface area contributed by atoms with Crippen LogP contribution in [0.1, 0.15) is 5.56 Å². The first-order valence-corrected chi connectivity index (χ1v) is 8.49. The van der Waals surface area contributed by atoms with Crippen molar-refractivity contribution < 1.29 is 8.42 Å². The second kappa shape index (κ2) is 6.05. The summed E-state index contributed by atoms with van der Waals surface area (Å²) in [6.45, 7) is 0.674. The van der Waals surface area contributed by atoms with Crippen LogP contribution in [0.4, 0.5) is 11.4 Å². The maximum atomic E-state index is 11.3. The summed E-state index contributed by atoms with van der Waals surface area (Å²) in [6.07, 6.45) is 0. The fraction of sp³-hybridized carbons (Fsp3) is 0.143. The van der Waals surface area contributed by atoms with Gasteiger partial charge >= 0.3 is 0 Å². The van der Waals surface area contributed by atoms with Gasteiger partial charge in [0, 0.05) is 23.8 Å². The lowest BCUT2D eigenvalue weighted by Crippen LogP contribution is -2.18. The molecule has 0 saturated carbocycles. The summed E-state index contributed by atoms with van der Waals surface area (Å²) in [5, 5.41) is 5.10. The molecule has 0 atom stereocenters. The SMILES string of the molecule is CN(Cc1cccc(Br)c1)c1ccc(S(N)(=O)=O)c(N)c1. The third-order valence-electron chi connectivity index (χ3n) is 3.05. The van der Waals surface area contributed by atoms with Gasteiger partial charge in [-0.15, -0.1) is 0 Å². The van der Waals surface area contributed by atoms with E-state index in [0.717, 1.165) is 15.7 Å². The summed E-state index contributed by atoms with van der Waals surface area (Å²) in [7, 11) is -1.88. The number of hydrogen-bond donors (Lipinski definition) is 2. The summed E-state index contributed by atoms with van der Waals surface area (Å²) >= 11 is 3.43. The van der Waals surface area contributed by atoms with E-state index in [-0.39, 0.29) is 10.6 Å². The Bertz CT molecular complexity index is 763. The zero-order valence-electron chi connectivity index (χ0n) is 11.5. The second-order valence-electron chi connectivity index (χ2n) is 4.75. The molecule has 21 heavy (non-hydrogen) atoms. The molecular formula is C14H16BrN3O2S. The number of nitrogens with zero attached hydrogens (tertiary/aromatic N) is 1. The van der Waals surface area contributed by atoms with E-state index in [0.29, 0.717) is 6.54 Å². The Labute approximate surface area is 132 Å². The first-order valence-electron chi connectivity index (χ1n) is 6.15. The van der Waals surface area contributed by atoms with Gasteiger partial charge in [0.1, 0.15) is 4.90 Å². The van der Waals surface area contributed by atoms with Gasteiger partial charge in [-0.25, -0.2) is 13.6 Å². The molecule has 2 aromatic rings. The highest BCUT2D eigenvalue weighted by molar-refractivity contribution is 9.10. The quantitative estimate of drug-likeness (QED) is 0.809. The van der Waals surface area contributed by atoms with E-state index in [9.17, 15) is 8.42 Å². The van der Waals surface area contributed by atoms with Crippen molar-refractivity contribution in [2.75, 3.05) is 17.7 Å². The van der Waals surface area contributed by atoms with Crippen LogP contribution in [-0.4, -0.2) is 15.5 Å². The molecule has 0 aliphatic carbocycles. The maximum absolute atomic E-state index is 11.3. The molecule has 0 bridgehead atoms. The molecule has 0 radical (unpaired) electrons.